The van der Waals surface area contributed by atoms with Gasteiger partial charge in [0, 0.05) is 28.1 Å². The molecule has 2 aromatic rings. The van der Waals surface area contributed by atoms with Crippen LogP contribution in [-0.2, 0) is 5.41 Å². The maximum absolute atomic E-state index is 15.2. The van der Waals surface area contributed by atoms with Crippen molar-refractivity contribution >= 4 is 29.3 Å². The lowest BCUT2D eigenvalue weighted by Gasteiger charge is -2.37. The first-order valence-corrected chi connectivity index (χ1v) is 10.4. The number of halogens is 3. The summed E-state index contributed by atoms with van der Waals surface area (Å²) < 4.78 is 15.2. The number of nitriles is 1. The average Bonchev–Trinajstić information content (AvgIpc) is 2.95. The lowest BCUT2D eigenvalue weighted by Crippen LogP contribution is -2.40. The summed E-state index contributed by atoms with van der Waals surface area (Å²) in [7, 11) is 0. The molecule has 1 heterocycles. The van der Waals surface area contributed by atoms with Gasteiger partial charge < -0.3 is 5.11 Å². The fraction of sp³-hybridized carbons (Fsp3) is 0.391. The molecule has 3 atom stereocenters. The van der Waals surface area contributed by atoms with Crippen LogP contribution in [0.4, 0.5) is 9.18 Å². The minimum Gasteiger partial charge on any atom is -0.465 e. The van der Waals surface area contributed by atoms with Crippen LogP contribution in [0.2, 0.25) is 10.0 Å². The molecule has 0 aliphatic carbocycles. The van der Waals surface area contributed by atoms with Gasteiger partial charge in [-0.1, -0.05) is 62.2 Å². The summed E-state index contributed by atoms with van der Waals surface area (Å²) in [4.78, 5) is 13.5. The van der Waals surface area contributed by atoms with Crippen molar-refractivity contribution in [3.63, 3.8) is 0 Å². The molecule has 0 unspecified atom stereocenters. The molecule has 7 heteroatoms. The summed E-state index contributed by atoms with van der Waals surface area (Å²) in [5.74, 6) is -1.06. The van der Waals surface area contributed by atoms with E-state index < -0.39 is 29.3 Å². The molecule has 1 aliphatic heterocycles. The Morgan fingerprint density at radius 2 is 1.93 bits per heavy atom. The van der Waals surface area contributed by atoms with Gasteiger partial charge in [-0.2, -0.15) is 5.26 Å². The second-order valence-corrected chi connectivity index (χ2v) is 9.83. The quantitative estimate of drug-likeness (QED) is 0.569. The predicted octanol–water partition coefficient (Wildman–Crippen LogP) is 6.68. The minimum atomic E-state index is -1.44. The highest BCUT2D eigenvalue weighted by Gasteiger charge is 2.59. The zero-order valence-corrected chi connectivity index (χ0v) is 18.5. The van der Waals surface area contributed by atoms with Crippen LogP contribution < -0.4 is 0 Å². The standard InChI is InChI=1S/C23H23Cl2FN2O2/c1-22(2,3)11-15-12-28(21(29)30)20(14-5-4-6-16(24)9-14)23(15,13-27)18-8-7-17(25)10-19(18)26/h4-10,15,20H,11-12H2,1-3H3,(H,29,30)/t15-,20+,23-/m1/s1. The van der Waals surface area contributed by atoms with Crippen molar-refractivity contribution in [2.24, 2.45) is 11.3 Å². The lowest BCUT2D eigenvalue weighted by molar-refractivity contribution is 0.134. The van der Waals surface area contributed by atoms with Crippen molar-refractivity contribution in [3.05, 3.63) is 69.5 Å². The first kappa shape index (κ1) is 22.4. The Bertz CT molecular complexity index is 1010. The van der Waals surface area contributed by atoms with Crippen LogP contribution in [0.1, 0.15) is 44.4 Å². The third kappa shape index (κ3) is 3.99. The van der Waals surface area contributed by atoms with E-state index in [9.17, 15) is 15.2 Å². The number of benzene rings is 2. The molecule has 1 saturated heterocycles. The van der Waals surface area contributed by atoms with E-state index in [4.69, 9.17) is 23.2 Å². The monoisotopic (exact) mass is 448 g/mol. The smallest absolute Gasteiger partial charge is 0.407 e. The number of carboxylic acid groups (broad SMARTS) is 1. The van der Waals surface area contributed by atoms with E-state index in [1.807, 2.05) is 20.8 Å². The van der Waals surface area contributed by atoms with Gasteiger partial charge in [-0.3, -0.25) is 4.90 Å². The Labute approximate surface area is 185 Å². The van der Waals surface area contributed by atoms with E-state index in [1.165, 1.54) is 23.1 Å². The zero-order valence-electron chi connectivity index (χ0n) is 17.0. The van der Waals surface area contributed by atoms with Gasteiger partial charge >= 0.3 is 6.09 Å². The van der Waals surface area contributed by atoms with Crippen LogP contribution in [0.3, 0.4) is 0 Å². The molecule has 158 valence electrons. The Hall–Kier alpha value is -2.29. The van der Waals surface area contributed by atoms with Gasteiger partial charge in [0.2, 0.25) is 0 Å². The van der Waals surface area contributed by atoms with Crippen molar-refractivity contribution in [3.8, 4) is 6.07 Å². The summed E-state index contributed by atoms with van der Waals surface area (Å²) in [5.41, 5.74) is -0.941. The third-order valence-electron chi connectivity index (χ3n) is 5.63. The molecule has 0 saturated carbocycles. The maximum Gasteiger partial charge on any atom is 0.407 e. The molecular formula is C23H23Cl2FN2O2. The second kappa shape index (κ2) is 8.09. The molecule has 1 aliphatic rings. The molecule has 2 aromatic carbocycles. The molecule has 0 spiro atoms. The Morgan fingerprint density at radius 1 is 1.27 bits per heavy atom. The van der Waals surface area contributed by atoms with Crippen LogP contribution in [0, 0.1) is 28.5 Å². The number of carbonyl (C=O) groups is 1. The van der Waals surface area contributed by atoms with Crippen LogP contribution >= 0.6 is 23.2 Å². The first-order valence-electron chi connectivity index (χ1n) is 9.61. The molecule has 0 bridgehead atoms. The molecule has 0 aromatic heterocycles. The molecule has 3 rings (SSSR count). The van der Waals surface area contributed by atoms with Gasteiger partial charge in [-0.25, -0.2) is 9.18 Å². The molecule has 0 radical (unpaired) electrons. The van der Waals surface area contributed by atoms with Crippen molar-refractivity contribution in [1.82, 2.24) is 4.90 Å². The van der Waals surface area contributed by atoms with Crippen molar-refractivity contribution in [2.45, 2.75) is 38.6 Å². The van der Waals surface area contributed by atoms with Crippen LogP contribution in [-0.4, -0.2) is 22.6 Å². The molecular weight excluding hydrogens is 426 g/mol. The number of rotatable bonds is 3. The number of amides is 1. The highest BCUT2D eigenvalue weighted by molar-refractivity contribution is 6.30. The highest BCUT2D eigenvalue weighted by Crippen LogP contribution is 2.55. The molecule has 1 fully saturated rings. The third-order valence-corrected chi connectivity index (χ3v) is 6.10. The van der Waals surface area contributed by atoms with Gasteiger partial charge in [0.15, 0.2) is 0 Å². The normalized spacial score (nSPS) is 24.0. The van der Waals surface area contributed by atoms with Crippen molar-refractivity contribution < 1.29 is 14.3 Å². The number of likely N-dealkylation sites (tertiary alicyclic amines) is 1. The first-order chi connectivity index (χ1) is 14.0. The SMILES string of the molecule is CC(C)(C)C[C@@H]1CN(C(=O)O)[C@@H](c2cccc(Cl)c2)[C@@]1(C#N)c1ccc(Cl)cc1F. The van der Waals surface area contributed by atoms with Crippen LogP contribution in [0.15, 0.2) is 42.5 Å². The summed E-state index contributed by atoms with van der Waals surface area (Å²) in [6.07, 6.45) is -0.630. The summed E-state index contributed by atoms with van der Waals surface area (Å²) >= 11 is 12.2. The maximum atomic E-state index is 15.2. The van der Waals surface area contributed by atoms with E-state index >= 15 is 4.39 Å². The lowest BCUT2D eigenvalue weighted by atomic mass is 9.63. The second-order valence-electron chi connectivity index (χ2n) is 8.96. The van der Waals surface area contributed by atoms with E-state index in [0.717, 1.165) is 0 Å². The van der Waals surface area contributed by atoms with Crippen molar-refractivity contribution in [1.29, 1.82) is 5.26 Å². The Balaban J connectivity index is 2.33. The summed E-state index contributed by atoms with van der Waals surface area (Å²) in [6.45, 7) is 6.17. The van der Waals surface area contributed by atoms with E-state index in [2.05, 4.69) is 6.07 Å². The number of hydrogen-bond donors (Lipinski definition) is 1. The van der Waals surface area contributed by atoms with E-state index in [-0.39, 0.29) is 22.5 Å². The topological polar surface area (TPSA) is 64.3 Å². The molecule has 4 nitrogen and oxygen atoms in total. The predicted molar refractivity (Wildman–Crippen MR) is 115 cm³/mol. The Morgan fingerprint density at radius 3 is 2.47 bits per heavy atom. The molecule has 1 N–H and O–H groups in total. The van der Waals surface area contributed by atoms with Crippen LogP contribution in [0.25, 0.3) is 0 Å². The number of hydrogen-bond acceptors (Lipinski definition) is 2. The van der Waals surface area contributed by atoms with Gasteiger partial charge in [0.05, 0.1) is 12.1 Å². The highest BCUT2D eigenvalue weighted by atomic mass is 35.5. The Kier molecular flexibility index (Phi) is 6.04. The number of nitrogens with zero attached hydrogens (tertiary/aromatic N) is 2. The minimum absolute atomic E-state index is 0.111. The van der Waals surface area contributed by atoms with Gasteiger partial charge in [-0.15, -0.1) is 0 Å². The van der Waals surface area contributed by atoms with Gasteiger partial charge in [-0.05, 0) is 41.7 Å². The summed E-state index contributed by atoms with van der Waals surface area (Å²) in [5, 5.41) is 21.1. The van der Waals surface area contributed by atoms with E-state index in [1.54, 1.807) is 24.3 Å². The summed E-state index contributed by atoms with van der Waals surface area (Å²) in [6, 6.07) is 12.4. The largest absolute Gasteiger partial charge is 0.465 e. The molecule has 1 amide bonds. The zero-order chi connectivity index (χ0) is 22.3. The van der Waals surface area contributed by atoms with E-state index in [0.29, 0.717) is 17.0 Å². The van der Waals surface area contributed by atoms with Crippen molar-refractivity contribution in [2.75, 3.05) is 6.54 Å². The van der Waals surface area contributed by atoms with Gasteiger partial charge in [0.1, 0.15) is 11.2 Å². The fourth-order valence-electron chi connectivity index (χ4n) is 4.63. The molecule has 30 heavy (non-hydrogen) atoms. The average molecular weight is 449 g/mol. The van der Waals surface area contributed by atoms with Crippen LogP contribution in [0.5, 0.6) is 0 Å². The van der Waals surface area contributed by atoms with Gasteiger partial charge in [0.25, 0.3) is 0 Å². The fourth-order valence-corrected chi connectivity index (χ4v) is 4.99.